The fourth-order valence-corrected chi connectivity index (χ4v) is 3.32. The number of aromatic nitrogens is 1. The molecule has 0 atom stereocenters. The number of carbonyl (C=O) groups is 1. The van der Waals surface area contributed by atoms with Gasteiger partial charge in [0.15, 0.2) is 0 Å². The van der Waals surface area contributed by atoms with Gasteiger partial charge in [-0.05, 0) is 18.2 Å². The van der Waals surface area contributed by atoms with Crippen molar-refractivity contribution >= 4 is 34.4 Å². The van der Waals surface area contributed by atoms with Crippen LogP contribution in [0.5, 0.6) is 0 Å². The first-order chi connectivity index (χ1) is 13.7. The van der Waals surface area contributed by atoms with Gasteiger partial charge in [0.1, 0.15) is 4.88 Å². The van der Waals surface area contributed by atoms with Gasteiger partial charge in [0.05, 0.1) is 25.4 Å². The average molecular weight is 419 g/mol. The summed E-state index contributed by atoms with van der Waals surface area (Å²) >= 11 is 1.12. The molecule has 0 aliphatic heterocycles. The Kier molecular flexibility index (Phi) is 5.97. The van der Waals surface area contributed by atoms with Crippen molar-refractivity contribution in [2.24, 2.45) is 0 Å². The number of nitrogens with one attached hydrogen (secondary N) is 2. The lowest BCUT2D eigenvalue weighted by Crippen LogP contribution is -2.13. The molecule has 0 unspecified atom stereocenters. The van der Waals surface area contributed by atoms with E-state index in [9.17, 15) is 18.0 Å². The maximum absolute atomic E-state index is 12.9. The molecule has 0 saturated carbocycles. The van der Waals surface area contributed by atoms with Crippen molar-refractivity contribution in [1.29, 1.82) is 0 Å². The van der Waals surface area contributed by atoms with Crippen molar-refractivity contribution in [2.45, 2.75) is 6.18 Å². The zero-order valence-corrected chi connectivity index (χ0v) is 16.4. The highest BCUT2D eigenvalue weighted by Crippen LogP contribution is 2.33. The number of halogens is 3. The Morgan fingerprint density at radius 1 is 1.10 bits per heavy atom. The normalized spacial score (nSPS) is 11.1. The van der Waals surface area contributed by atoms with Crippen LogP contribution >= 0.6 is 11.3 Å². The molecule has 3 rings (SSSR count). The highest BCUT2D eigenvalue weighted by molar-refractivity contribution is 7.18. The third kappa shape index (κ3) is 5.20. The van der Waals surface area contributed by atoms with Gasteiger partial charge in [0.2, 0.25) is 6.34 Å². The molecule has 2 aromatic carbocycles. The predicted octanol–water partition coefficient (Wildman–Crippen LogP) is 4.79. The Morgan fingerprint density at radius 3 is 2.48 bits per heavy atom. The minimum Gasteiger partial charge on any atom is -0.321 e. The van der Waals surface area contributed by atoms with E-state index in [1.807, 2.05) is 44.4 Å². The van der Waals surface area contributed by atoms with Gasteiger partial charge >= 0.3 is 6.18 Å². The smallest absolute Gasteiger partial charge is 0.321 e. The molecule has 3 aromatic rings. The molecule has 0 bridgehead atoms. The van der Waals surface area contributed by atoms with Gasteiger partial charge in [-0.25, -0.2) is 5.32 Å². The van der Waals surface area contributed by atoms with E-state index < -0.39 is 17.6 Å². The largest absolute Gasteiger partial charge is 0.416 e. The van der Waals surface area contributed by atoms with Crippen molar-refractivity contribution in [3.8, 4) is 11.3 Å². The fourth-order valence-electron chi connectivity index (χ4n) is 2.47. The standard InChI is InChI=1S/C20H17F3N4OS/c1-27(2)12-24-19-26-16(13-7-4-3-5-8-13)17(29-19)18(28)25-15-10-6-9-14(11-15)20(21,22)23/h3-12H,1-2H3,(H,25,28)/p+1. The second-order valence-electron chi connectivity index (χ2n) is 6.33. The van der Waals surface area contributed by atoms with Crippen LogP contribution in [0.2, 0.25) is 0 Å². The molecule has 0 radical (unpaired) electrons. The van der Waals surface area contributed by atoms with E-state index in [1.165, 1.54) is 12.1 Å². The van der Waals surface area contributed by atoms with Gasteiger partial charge in [0, 0.05) is 11.3 Å². The maximum Gasteiger partial charge on any atom is 0.416 e. The Morgan fingerprint density at radius 2 is 1.83 bits per heavy atom. The minimum atomic E-state index is -4.49. The van der Waals surface area contributed by atoms with E-state index in [1.54, 1.807) is 10.9 Å². The Hall–Kier alpha value is -3.20. The Balaban J connectivity index is 1.94. The van der Waals surface area contributed by atoms with Crippen LogP contribution in [0.3, 0.4) is 0 Å². The van der Waals surface area contributed by atoms with E-state index in [0.29, 0.717) is 15.7 Å². The van der Waals surface area contributed by atoms with E-state index in [4.69, 9.17) is 0 Å². The molecule has 2 N–H and O–H groups in total. The highest BCUT2D eigenvalue weighted by Gasteiger charge is 2.30. The Labute approximate surface area is 169 Å². The molecular formula is C20H18F3N4OS+. The summed E-state index contributed by atoms with van der Waals surface area (Å²) in [5, 5.41) is 6.04. The molecule has 5 nitrogen and oxygen atoms in total. The number of nitrogens with zero attached hydrogens (tertiary/aromatic N) is 2. The summed E-state index contributed by atoms with van der Waals surface area (Å²) < 4.78 is 40.6. The number of benzene rings is 2. The predicted molar refractivity (Wildman–Crippen MR) is 109 cm³/mol. The molecule has 150 valence electrons. The van der Waals surface area contributed by atoms with Crippen LogP contribution in [-0.4, -0.2) is 35.9 Å². The third-order valence-electron chi connectivity index (χ3n) is 3.77. The zero-order chi connectivity index (χ0) is 21.0. The zero-order valence-electron chi connectivity index (χ0n) is 15.6. The van der Waals surface area contributed by atoms with Gasteiger partial charge < -0.3 is 5.32 Å². The topological polar surface area (TPSA) is 57.0 Å². The van der Waals surface area contributed by atoms with Crippen LogP contribution in [0.25, 0.3) is 11.3 Å². The van der Waals surface area contributed by atoms with Gasteiger partial charge in [-0.1, -0.05) is 47.7 Å². The van der Waals surface area contributed by atoms with Gasteiger partial charge in [-0.2, -0.15) is 18.2 Å². The van der Waals surface area contributed by atoms with Gasteiger partial charge in [0.25, 0.3) is 11.0 Å². The molecule has 1 aromatic heterocycles. The second-order valence-corrected chi connectivity index (χ2v) is 7.33. The van der Waals surface area contributed by atoms with E-state index in [0.717, 1.165) is 29.0 Å². The lowest BCUT2D eigenvalue weighted by atomic mass is 10.1. The van der Waals surface area contributed by atoms with Crippen LogP contribution in [-0.2, 0) is 6.18 Å². The minimum absolute atomic E-state index is 0.0617. The quantitative estimate of drug-likeness (QED) is 0.355. The van der Waals surface area contributed by atoms with Gasteiger partial charge in [-0.3, -0.25) is 9.37 Å². The highest BCUT2D eigenvalue weighted by atomic mass is 32.1. The average Bonchev–Trinajstić information content (AvgIpc) is 3.11. The molecule has 0 fully saturated rings. The summed E-state index contributed by atoms with van der Waals surface area (Å²) in [6.07, 6.45) is -2.80. The van der Waals surface area contributed by atoms with Crippen LogP contribution in [0.15, 0.2) is 54.6 Å². The van der Waals surface area contributed by atoms with Gasteiger partial charge in [-0.15, -0.1) is 0 Å². The molecule has 29 heavy (non-hydrogen) atoms. The van der Waals surface area contributed by atoms with Crippen LogP contribution < -0.4 is 10.6 Å². The summed E-state index contributed by atoms with van der Waals surface area (Å²) in [4.78, 5) is 17.6. The van der Waals surface area contributed by atoms with E-state index >= 15 is 0 Å². The number of rotatable bonds is 5. The van der Waals surface area contributed by atoms with Crippen molar-refractivity contribution in [1.82, 2.24) is 4.98 Å². The summed E-state index contributed by atoms with van der Waals surface area (Å²) in [5.41, 5.74) is 0.419. The van der Waals surface area contributed by atoms with Crippen molar-refractivity contribution in [3.63, 3.8) is 0 Å². The first-order valence-electron chi connectivity index (χ1n) is 8.55. The number of amides is 1. The van der Waals surface area contributed by atoms with Crippen LogP contribution in [0, 0.1) is 0 Å². The van der Waals surface area contributed by atoms with Crippen LogP contribution in [0.4, 0.5) is 24.0 Å². The number of thiazole rings is 1. The van der Waals surface area contributed by atoms with E-state index in [-0.39, 0.29) is 5.69 Å². The summed E-state index contributed by atoms with van der Waals surface area (Å²) in [6, 6.07) is 13.6. The number of anilines is 2. The number of hydrogen-bond donors (Lipinski definition) is 2. The summed E-state index contributed by atoms with van der Waals surface area (Å²) in [7, 11) is 3.67. The molecule has 1 amide bonds. The van der Waals surface area contributed by atoms with Crippen LogP contribution in [0.1, 0.15) is 15.2 Å². The summed E-state index contributed by atoms with van der Waals surface area (Å²) in [6.45, 7) is 0. The molecule has 0 spiro atoms. The molecule has 0 aliphatic carbocycles. The SMILES string of the molecule is C[N+](C)=CNc1nc(-c2ccccc2)c(C(=O)Nc2cccc(C(F)(F)F)c2)s1. The second kappa shape index (κ2) is 8.44. The maximum atomic E-state index is 12.9. The lowest BCUT2D eigenvalue weighted by Gasteiger charge is -2.09. The first kappa shape index (κ1) is 20.5. The molecule has 9 heteroatoms. The summed E-state index contributed by atoms with van der Waals surface area (Å²) in [5.74, 6) is -0.529. The monoisotopic (exact) mass is 419 g/mol. The number of alkyl halides is 3. The molecule has 0 aliphatic rings. The van der Waals surface area contributed by atoms with Crippen molar-refractivity contribution in [3.05, 3.63) is 65.0 Å². The first-order valence-corrected chi connectivity index (χ1v) is 9.37. The Bertz CT molecular complexity index is 1040. The third-order valence-corrected chi connectivity index (χ3v) is 4.76. The van der Waals surface area contributed by atoms with Crippen molar-refractivity contribution < 1.29 is 22.5 Å². The molecule has 1 heterocycles. The number of hydrogen-bond acceptors (Lipinski definition) is 3. The lowest BCUT2D eigenvalue weighted by molar-refractivity contribution is -0.459. The fraction of sp³-hybridized carbons (Fsp3) is 0.150. The molecule has 0 saturated heterocycles. The van der Waals surface area contributed by atoms with Crippen molar-refractivity contribution in [2.75, 3.05) is 24.7 Å². The van der Waals surface area contributed by atoms with E-state index in [2.05, 4.69) is 15.6 Å². The molecular weight excluding hydrogens is 401 g/mol. The number of carbonyl (C=O) groups excluding carboxylic acids is 1.